The van der Waals surface area contributed by atoms with Crippen molar-refractivity contribution >= 4 is 11.6 Å². The standard InChI is InChI=1S/C12H19ClN2O2/c1-12(2,17-4)11(15-14)9-7-8(13)5-6-10(9)16-3/h5-7,11,15H,14H2,1-4H3. The first kappa shape index (κ1) is 14.3. The van der Waals surface area contributed by atoms with E-state index in [0.717, 1.165) is 11.3 Å². The van der Waals surface area contributed by atoms with E-state index in [1.807, 2.05) is 26.0 Å². The van der Waals surface area contributed by atoms with Crippen LogP contribution < -0.4 is 16.0 Å². The van der Waals surface area contributed by atoms with Crippen LogP contribution in [0.25, 0.3) is 0 Å². The summed E-state index contributed by atoms with van der Waals surface area (Å²) in [5.41, 5.74) is 3.14. The van der Waals surface area contributed by atoms with Crippen molar-refractivity contribution < 1.29 is 9.47 Å². The summed E-state index contributed by atoms with van der Waals surface area (Å²) >= 11 is 6.00. The van der Waals surface area contributed by atoms with Gasteiger partial charge in [0.2, 0.25) is 0 Å². The summed E-state index contributed by atoms with van der Waals surface area (Å²) in [7, 11) is 3.25. The Balaban J connectivity index is 3.23. The lowest BCUT2D eigenvalue weighted by atomic mass is 9.91. The predicted octanol–water partition coefficient (Wildman–Crippen LogP) is 2.28. The van der Waals surface area contributed by atoms with Crippen molar-refractivity contribution in [3.63, 3.8) is 0 Å². The molecule has 1 aromatic rings. The number of rotatable bonds is 5. The number of ether oxygens (including phenoxy) is 2. The van der Waals surface area contributed by atoms with Crippen LogP contribution in [0.3, 0.4) is 0 Å². The molecule has 0 saturated heterocycles. The molecule has 5 heteroatoms. The van der Waals surface area contributed by atoms with Crippen LogP contribution >= 0.6 is 11.6 Å². The second-order valence-electron chi connectivity index (χ2n) is 4.29. The Labute approximate surface area is 107 Å². The molecule has 0 heterocycles. The van der Waals surface area contributed by atoms with Crippen LogP contribution in [0, 0.1) is 0 Å². The highest BCUT2D eigenvalue weighted by Gasteiger charge is 2.32. The monoisotopic (exact) mass is 258 g/mol. The van der Waals surface area contributed by atoms with Crippen molar-refractivity contribution in [2.24, 2.45) is 5.84 Å². The third kappa shape index (κ3) is 3.10. The summed E-state index contributed by atoms with van der Waals surface area (Å²) in [5.74, 6) is 6.34. The number of methoxy groups -OCH3 is 2. The van der Waals surface area contributed by atoms with Gasteiger partial charge in [-0.2, -0.15) is 0 Å². The molecule has 0 bridgehead atoms. The number of nitrogens with two attached hydrogens (primary N) is 1. The van der Waals surface area contributed by atoms with Crippen molar-refractivity contribution in [1.29, 1.82) is 0 Å². The first-order valence-corrected chi connectivity index (χ1v) is 5.68. The second kappa shape index (κ2) is 5.69. The highest BCUT2D eigenvalue weighted by Crippen LogP contribution is 2.35. The van der Waals surface area contributed by atoms with Gasteiger partial charge in [-0.25, -0.2) is 5.43 Å². The molecule has 96 valence electrons. The highest BCUT2D eigenvalue weighted by molar-refractivity contribution is 6.30. The Bertz CT molecular complexity index is 383. The first-order valence-electron chi connectivity index (χ1n) is 5.31. The third-order valence-corrected chi connectivity index (χ3v) is 3.13. The van der Waals surface area contributed by atoms with E-state index in [1.165, 1.54) is 0 Å². The zero-order valence-corrected chi connectivity index (χ0v) is 11.3. The van der Waals surface area contributed by atoms with Gasteiger partial charge in [-0.05, 0) is 32.0 Å². The van der Waals surface area contributed by atoms with Gasteiger partial charge in [-0.15, -0.1) is 0 Å². The third-order valence-electron chi connectivity index (χ3n) is 2.89. The van der Waals surface area contributed by atoms with E-state index in [2.05, 4.69) is 5.43 Å². The molecular formula is C12H19ClN2O2. The molecule has 0 fully saturated rings. The van der Waals surface area contributed by atoms with Gasteiger partial charge in [0.15, 0.2) is 0 Å². The minimum atomic E-state index is -0.479. The Morgan fingerprint density at radius 2 is 2.00 bits per heavy atom. The van der Waals surface area contributed by atoms with E-state index in [0.29, 0.717) is 5.02 Å². The highest BCUT2D eigenvalue weighted by atomic mass is 35.5. The summed E-state index contributed by atoms with van der Waals surface area (Å²) in [6, 6.07) is 5.19. The minimum absolute atomic E-state index is 0.221. The molecule has 1 atom stereocenters. The topological polar surface area (TPSA) is 56.5 Å². The SMILES string of the molecule is COc1ccc(Cl)cc1C(NN)C(C)(C)OC. The fraction of sp³-hybridized carbons (Fsp3) is 0.500. The van der Waals surface area contributed by atoms with Crippen molar-refractivity contribution in [3.8, 4) is 5.75 Å². The molecule has 0 radical (unpaired) electrons. The lowest BCUT2D eigenvalue weighted by molar-refractivity contribution is -0.0117. The van der Waals surface area contributed by atoms with E-state index in [-0.39, 0.29) is 6.04 Å². The van der Waals surface area contributed by atoms with Crippen molar-refractivity contribution in [1.82, 2.24) is 5.43 Å². The zero-order chi connectivity index (χ0) is 13.1. The lowest BCUT2D eigenvalue weighted by Gasteiger charge is -2.33. The molecule has 1 unspecified atom stereocenters. The van der Waals surface area contributed by atoms with Crippen LogP contribution in [0.5, 0.6) is 5.75 Å². The van der Waals surface area contributed by atoms with Gasteiger partial charge in [0, 0.05) is 17.7 Å². The van der Waals surface area contributed by atoms with E-state index in [4.69, 9.17) is 26.9 Å². The number of benzene rings is 1. The lowest BCUT2D eigenvalue weighted by Crippen LogP contribution is -2.44. The van der Waals surface area contributed by atoms with E-state index < -0.39 is 5.60 Å². The maximum absolute atomic E-state index is 6.00. The molecule has 0 aromatic heterocycles. The quantitative estimate of drug-likeness (QED) is 0.628. The average molecular weight is 259 g/mol. The largest absolute Gasteiger partial charge is 0.496 e. The van der Waals surface area contributed by atoms with Crippen molar-refractivity contribution in [2.45, 2.75) is 25.5 Å². The Morgan fingerprint density at radius 3 is 2.47 bits per heavy atom. The number of hydrazine groups is 1. The maximum Gasteiger partial charge on any atom is 0.123 e. The number of nitrogens with one attached hydrogen (secondary N) is 1. The number of hydrogen-bond acceptors (Lipinski definition) is 4. The Kier molecular flexibility index (Phi) is 4.77. The van der Waals surface area contributed by atoms with Crippen LogP contribution in [-0.2, 0) is 4.74 Å². The van der Waals surface area contributed by atoms with Gasteiger partial charge in [0.25, 0.3) is 0 Å². The summed E-state index contributed by atoms with van der Waals surface area (Å²) in [6.45, 7) is 3.88. The second-order valence-corrected chi connectivity index (χ2v) is 4.73. The van der Waals surface area contributed by atoms with E-state index in [9.17, 15) is 0 Å². The van der Waals surface area contributed by atoms with Crippen LogP contribution in [0.4, 0.5) is 0 Å². The summed E-state index contributed by atoms with van der Waals surface area (Å²) < 4.78 is 10.8. The molecule has 0 spiro atoms. The normalized spacial score (nSPS) is 13.5. The zero-order valence-electron chi connectivity index (χ0n) is 10.6. The summed E-state index contributed by atoms with van der Waals surface area (Å²) in [6.07, 6.45) is 0. The van der Waals surface area contributed by atoms with Crippen LogP contribution in [0.15, 0.2) is 18.2 Å². The van der Waals surface area contributed by atoms with Gasteiger partial charge >= 0.3 is 0 Å². The molecule has 4 nitrogen and oxygen atoms in total. The van der Waals surface area contributed by atoms with Gasteiger partial charge in [0.1, 0.15) is 5.75 Å². The molecule has 3 N–H and O–H groups in total. The fourth-order valence-electron chi connectivity index (χ4n) is 1.71. The summed E-state index contributed by atoms with van der Waals surface area (Å²) in [5, 5.41) is 0.632. The van der Waals surface area contributed by atoms with Gasteiger partial charge < -0.3 is 9.47 Å². The predicted molar refractivity (Wildman–Crippen MR) is 69.2 cm³/mol. The maximum atomic E-state index is 6.00. The van der Waals surface area contributed by atoms with Gasteiger partial charge in [0.05, 0.1) is 18.8 Å². The molecular weight excluding hydrogens is 240 g/mol. The molecule has 17 heavy (non-hydrogen) atoms. The first-order chi connectivity index (χ1) is 7.96. The van der Waals surface area contributed by atoms with Crippen LogP contribution in [-0.4, -0.2) is 19.8 Å². The molecule has 1 rings (SSSR count). The number of hydrogen-bond donors (Lipinski definition) is 2. The van der Waals surface area contributed by atoms with Crippen LogP contribution in [0.1, 0.15) is 25.5 Å². The average Bonchev–Trinajstić information content (AvgIpc) is 2.30. The molecule has 0 aliphatic heterocycles. The molecule has 0 aliphatic rings. The van der Waals surface area contributed by atoms with Crippen molar-refractivity contribution in [2.75, 3.05) is 14.2 Å². The van der Waals surface area contributed by atoms with E-state index in [1.54, 1.807) is 20.3 Å². The summed E-state index contributed by atoms with van der Waals surface area (Å²) in [4.78, 5) is 0. The molecule has 0 saturated carbocycles. The fourth-order valence-corrected chi connectivity index (χ4v) is 1.89. The van der Waals surface area contributed by atoms with Crippen molar-refractivity contribution in [3.05, 3.63) is 28.8 Å². The number of halogens is 1. The van der Waals surface area contributed by atoms with E-state index >= 15 is 0 Å². The minimum Gasteiger partial charge on any atom is -0.496 e. The Morgan fingerprint density at radius 1 is 1.35 bits per heavy atom. The molecule has 0 amide bonds. The molecule has 0 aliphatic carbocycles. The van der Waals surface area contributed by atoms with Gasteiger partial charge in [-0.3, -0.25) is 5.84 Å². The van der Waals surface area contributed by atoms with Crippen LogP contribution in [0.2, 0.25) is 5.02 Å². The smallest absolute Gasteiger partial charge is 0.123 e. The molecule has 1 aromatic carbocycles. The Hall–Kier alpha value is -0.810. The van der Waals surface area contributed by atoms with Gasteiger partial charge in [-0.1, -0.05) is 11.6 Å².